The molecule has 2 aromatic rings. The Morgan fingerprint density at radius 2 is 1.93 bits per heavy atom. The summed E-state index contributed by atoms with van der Waals surface area (Å²) in [6.45, 7) is 0.941. The lowest BCUT2D eigenvalue weighted by Crippen LogP contribution is -2.31. The number of ether oxygens (including phenoxy) is 3. The van der Waals surface area contributed by atoms with E-state index in [2.05, 4.69) is 4.98 Å². The lowest BCUT2D eigenvalue weighted by molar-refractivity contribution is -0.133. The van der Waals surface area contributed by atoms with Gasteiger partial charge in [-0.05, 0) is 23.8 Å². The summed E-state index contributed by atoms with van der Waals surface area (Å²) in [4.78, 5) is 29.4. The Kier molecular flexibility index (Phi) is 6.03. The van der Waals surface area contributed by atoms with Crippen LogP contribution in [-0.4, -0.2) is 48.6 Å². The van der Waals surface area contributed by atoms with E-state index in [1.54, 1.807) is 13.1 Å². The highest BCUT2D eigenvalue weighted by atomic mass is 35.5. The van der Waals surface area contributed by atoms with Crippen LogP contribution in [0.15, 0.2) is 30.5 Å². The minimum absolute atomic E-state index is 0.0865. The van der Waals surface area contributed by atoms with Crippen molar-refractivity contribution in [1.82, 2.24) is 9.88 Å². The highest BCUT2D eigenvalue weighted by Crippen LogP contribution is 2.31. The second-order valence-corrected chi connectivity index (χ2v) is 6.57. The number of nitrogens with zero attached hydrogens (tertiary/aromatic N) is 2. The van der Waals surface area contributed by atoms with Crippen LogP contribution in [0, 0.1) is 0 Å². The number of pyridine rings is 1. The number of hydrogen-bond donors (Lipinski definition) is 0. The fourth-order valence-electron chi connectivity index (χ4n) is 2.40. The fourth-order valence-corrected chi connectivity index (χ4v) is 2.67. The van der Waals surface area contributed by atoms with E-state index in [0.717, 1.165) is 5.56 Å². The number of carbonyl (C=O) groups is 2. The first-order chi connectivity index (χ1) is 12.9. The van der Waals surface area contributed by atoms with Crippen molar-refractivity contribution in [1.29, 1.82) is 0 Å². The number of likely N-dealkylation sites (N-methyl/N-ethyl adjacent to an activating group) is 1. The first-order valence-corrected chi connectivity index (χ1v) is 8.80. The van der Waals surface area contributed by atoms with E-state index in [1.165, 1.54) is 17.2 Å². The molecule has 0 N–H and O–H groups in total. The van der Waals surface area contributed by atoms with Crippen molar-refractivity contribution in [2.24, 2.45) is 0 Å². The molecule has 2 heterocycles. The van der Waals surface area contributed by atoms with E-state index >= 15 is 0 Å². The van der Waals surface area contributed by atoms with Crippen molar-refractivity contribution in [2.45, 2.75) is 6.54 Å². The molecule has 0 atom stereocenters. The van der Waals surface area contributed by atoms with Gasteiger partial charge in [-0.25, -0.2) is 9.78 Å². The molecule has 27 heavy (non-hydrogen) atoms. The van der Waals surface area contributed by atoms with Crippen molar-refractivity contribution >= 4 is 35.1 Å². The molecule has 0 bridgehead atoms. The summed E-state index contributed by atoms with van der Waals surface area (Å²) in [6.07, 6.45) is 1.24. The van der Waals surface area contributed by atoms with Gasteiger partial charge in [0.2, 0.25) is 0 Å². The van der Waals surface area contributed by atoms with Crippen LogP contribution in [0.1, 0.15) is 15.9 Å². The van der Waals surface area contributed by atoms with E-state index < -0.39 is 12.6 Å². The van der Waals surface area contributed by atoms with E-state index in [-0.39, 0.29) is 21.6 Å². The maximum atomic E-state index is 12.2. The number of rotatable bonds is 5. The van der Waals surface area contributed by atoms with Gasteiger partial charge in [0.15, 0.2) is 18.1 Å². The molecule has 1 aliphatic heterocycles. The third-order valence-electron chi connectivity index (χ3n) is 3.81. The van der Waals surface area contributed by atoms with Gasteiger partial charge in [0.1, 0.15) is 18.4 Å². The van der Waals surface area contributed by atoms with E-state index in [0.29, 0.717) is 31.3 Å². The molecule has 1 aromatic carbocycles. The second-order valence-electron chi connectivity index (χ2n) is 5.80. The summed E-state index contributed by atoms with van der Waals surface area (Å²) < 4.78 is 16.0. The van der Waals surface area contributed by atoms with Gasteiger partial charge < -0.3 is 19.1 Å². The summed E-state index contributed by atoms with van der Waals surface area (Å²) in [5, 5.41) is 0.219. The number of amides is 1. The van der Waals surface area contributed by atoms with Crippen LogP contribution in [0.3, 0.4) is 0 Å². The maximum Gasteiger partial charge on any atom is 0.340 e. The van der Waals surface area contributed by atoms with Crippen LogP contribution < -0.4 is 9.47 Å². The number of fused-ring (bicyclic) bond motifs is 1. The van der Waals surface area contributed by atoms with Gasteiger partial charge in [0.25, 0.3) is 5.91 Å². The van der Waals surface area contributed by atoms with Gasteiger partial charge in [-0.1, -0.05) is 29.3 Å². The van der Waals surface area contributed by atoms with Gasteiger partial charge in [-0.3, -0.25) is 4.79 Å². The van der Waals surface area contributed by atoms with Crippen molar-refractivity contribution in [2.75, 3.05) is 26.9 Å². The first-order valence-electron chi connectivity index (χ1n) is 8.04. The number of aromatic nitrogens is 1. The van der Waals surface area contributed by atoms with Crippen molar-refractivity contribution in [3.05, 3.63) is 51.8 Å². The zero-order valence-electron chi connectivity index (χ0n) is 14.4. The van der Waals surface area contributed by atoms with Gasteiger partial charge in [-0.2, -0.15) is 0 Å². The third kappa shape index (κ3) is 4.81. The Labute approximate surface area is 165 Å². The average Bonchev–Trinajstić information content (AvgIpc) is 2.67. The summed E-state index contributed by atoms with van der Waals surface area (Å²) in [5.41, 5.74) is 0.988. The SMILES string of the molecule is CN(Cc1ccc2c(c1)OCCO2)C(=O)COC(=O)c1cnc(Cl)c(Cl)c1. The van der Waals surface area contributed by atoms with E-state index in [4.69, 9.17) is 37.4 Å². The molecule has 1 aromatic heterocycles. The minimum Gasteiger partial charge on any atom is -0.486 e. The van der Waals surface area contributed by atoms with Crippen LogP contribution in [0.25, 0.3) is 0 Å². The summed E-state index contributed by atoms with van der Waals surface area (Å²) >= 11 is 11.5. The molecule has 0 radical (unpaired) electrons. The molecule has 0 saturated heterocycles. The summed E-state index contributed by atoms with van der Waals surface area (Å²) in [7, 11) is 1.62. The Hall–Kier alpha value is -2.51. The molecular weight excluding hydrogens is 395 g/mol. The average molecular weight is 411 g/mol. The molecule has 0 saturated carbocycles. The number of halogens is 2. The number of carbonyl (C=O) groups excluding carboxylic acids is 2. The zero-order valence-corrected chi connectivity index (χ0v) is 15.9. The molecule has 0 aliphatic carbocycles. The lowest BCUT2D eigenvalue weighted by atomic mass is 10.2. The number of hydrogen-bond acceptors (Lipinski definition) is 6. The quantitative estimate of drug-likeness (QED) is 0.556. The first kappa shape index (κ1) is 19.3. The van der Waals surface area contributed by atoms with Gasteiger partial charge >= 0.3 is 5.97 Å². The highest BCUT2D eigenvalue weighted by molar-refractivity contribution is 6.41. The molecule has 142 valence electrons. The van der Waals surface area contributed by atoms with Crippen molar-refractivity contribution in [3.63, 3.8) is 0 Å². The molecule has 3 rings (SSSR count). The molecule has 1 aliphatic rings. The molecule has 9 heteroatoms. The lowest BCUT2D eigenvalue weighted by Gasteiger charge is -2.21. The van der Waals surface area contributed by atoms with E-state index in [9.17, 15) is 9.59 Å². The van der Waals surface area contributed by atoms with Gasteiger partial charge in [0.05, 0.1) is 10.6 Å². The molecule has 7 nitrogen and oxygen atoms in total. The molecule has 0 fully saturated rings. The fraction of sp³-hybridized carbons (Fsp3) is 0.278. The Morgan fingerprint density at radius 3 is 2.67 bits per heavy atom. The third-order valence-corrected chi connectivity index (χ3v) is 4.50. The normalized spacial score (nSPS) is 12.4. The Bertz CT molecular complexity index is 875. The number of esters is 1. The molecule has 0 unspecified atom stereocenters. The minimum atomic E-state index is -0.706. The number of benzene rings is 1. The topological polar surface area (TPSA) is 78.0 Å². The predicted molar refractivity (Wildman–Crippen MR) is 98.4 cm³/mol. The molecule has 1 amide bonds. The van der Waals surface area contributed by atoms with E-state index in [1.807, 2.05) is 12.1 Å². The van der Waals surface area contributed by atoms with Crippen LogP contribution in [0.2, 0.25) is 10.2 Å². The van der Waals surface area contributed by atoms with Crippen molar-refractivity contribution in [3.8, 4) is 11.5 Å². The van der Waals surface area contributed by atoms with Crippen LogP contribution >= 0.6 is 23.2 Å². The highest BCUT2D eigenvalue weighted by Gasteiger charge is 2.17. The van der Waals surface area contributed by atoms with Gasteiger partial charge in [-0.15, -0.1) is 0 Å². The smallest absolute Gasteiger partial charge is 0.340 e. The Balaban J connectivity index is 1.54. The van der Waals surface area contributed by atoms with Crippen LogP contribution in [0.4, 0.5) is 0 Å². The monoisotopic (exact) mass is 410 g/mol. The standard InChI is InChI=1S/C18H16Cl2N2O5/c1-22(9-11-2-3-14-15(6-11)26-5-4-25-14)16(23)10-27-18(24)12-7-13(19)17(20)21-8-12/h2-3,6-8H,4-5,9-10H2,1H3. The summed E-state index contributed by atoms with van der Waals surface area (Å²) in [5.74, 6) is 0.273. The van der Waals surface area contributed by atoms with Crippen LogP contribution in [-0.2, 0) is 16.1 Å². The zero-order chi connectivity index (χ0) is 19.4. The summed E-state index contributed by atoms with van der Waals surface area (Å²) in [6, 6.07) is 6.82. The largest absolute Gasteiger partial charge is 0.486 e. The van der Waals surface area contributed by atoms with Crippen molar-refractivity contribution < 1.29 is 23.8 Å². The van der Waals surface area contributed by atoms with Gasteiger partial charge in [0, 0.05) is 19.8 Å². The second kappa shape index (κ2) is 8.45. The Morgan fingerprint density at radius 1 is 1.19 bits per heavy atom. The van der Waals surface area contributed by atoms with Crippen LogP contribution in [0.5, 0.6) is 11.5 Å². The maximum absolute atomic E-state index is 12.2. The molecular formula is C18H16Cl2N2O5. The predicted octanol–water partition coefficient (Wildman–Crippen LogP) is 2.98. The molecule has 0 spiro atoms.